The molecular weight excluding hydrogens is 468 g/mol. The van der Waals surface area contributed by atoms with Crippen molar-refractivity contribution in [1.29, 1.82) is 0 Å². The summed E-state index contributed by atoms with van der Waals surface area (Å²) in [6.07, 6.45) is 1.28. The number of aliphatic hydroxyl groups is 1. The number of hydrogen-bond acceptors (Lipinski definition) is 5. The van der Waals surface area contributed by atoms with Gasteiger partial charge in [-0.15, -0.1) is 6.58 Å². The van der Waals surface area contributed by atoms with E-state index in [1.165, 1.54) is 4.90 Å². The van der Waals surface area contributed by atoms with Crippen LogP contribution in [0.2, 0.25) is 0 Å². The molecule has 166 valence electrons. The molecule has 3 aliphatic heterocycles. The van der Waals surface area contributed by atoms with Gasteiger partial charge in [-0.25, -0.2) is 0 Å². The molecule has 4 rings (SSSR count). The summed E-state index contributed by atoms with van der Waals surface area (Å²) >= 11 is 3.50. The number of carbonyl (C=O) groups excluding carboxylic acids is 2. The van der Waals surface area contributed by atoms with E-state index >= 15 is 0 Å². The summed E-state index contributed by atoms with van der Waals surface area (Å²) in [5.74, 6) is -3.88. The molecular formula is C22H25BrN2O6. The number of likely N-dealkylation sites (tertiary alicyclic amines) is 1. The minimum absolute atomic E-state index is 0.0614. The van der Waals surface area contributed by atoms with Crippen LogP contribution in [-0.2, 0) is 25.7 Å². The Morgan fingerprint density at radius 3 is 2.68 bits per heavy atom. The van der Waals surface area contributed by atoms with Gasteiger partial charge < -0.3 is 24.7 Å². The first-order valence-corrected chi connectivity index (χ1v) is 11.2. The fourth-order valence-corrected chi connectivity index (χ4v) is 6.35. The SMILES string of the molecule is C=CCN(Cc1ccccc1)C(=O)[C@@H]1N(CCO)C(=O)[C@H]2[C@H](C(=O)O)[C@H]3O[C@@]12CC3Br. The number of hydrogen-bond donors (Lipinski definition) is 2. The van der Waals surface area contributed by atoms with Crippen molar-refractivity contribution < 1.29 is 29.3 Å². The second-order valence-electron chi connectivity index (χ2n) is 8.25. The largest absolute Gasteiger partial charge is 0.481 e. The van der Waals surface area contributed by atoms with Crippen LogP contribution in [0, 0.1) is 11.8 Å². The lowest BCUT2D eigenvalue weighted by Gasteiger charge is -2.36. The highest BCUT2D eigenvalue weighted by atomic mass is 79.9. The van der Waals surface area contributed by atoms with Crippen LogP contribution in [0.3, 0.4) is 0 Å². The van der Waals surface area contributed by atoms with Gasteiger partial charge in [0, 0.05) is 24.5 Å². The Morgan fingerprint density at radius 1 is 1.35 bits per heavy atom. The molecule has 2 amide bonds. The summed E-state index contributed by atoms with van der Waals surface area (Å²) in [5, 5.41) is 19.4. The van der Waals surface area contributed by atoms with E-state index in [4.69, 9.17) is 4.74 Å². The van der Waals surface area contributed by atoms with Crippen molar-refractivity contribution >= 4 is 33.7 Å². The van der Waals surface area contributed by atoms with E-state index < -0.39 is 41.5 Å². The molecule has 3 saturated heterocycles. The summed E-state index contributed by atoms with van der Waals surface area (Å²) in [6.45, 7) is 3.93. The van der Waals surface area contributed by atoms with Crippen LogP contribution in [0.1, 0.15) is 12.0 Å². The number of aliphatic hydroxyl groups excluding tert-OH is 1. The van der Waals surface area contributed by atoms with Crippen molar-refractivity contribution in [3.63, 3.8) is 0 Å². The van der Waals surface area contributed by atoms with Crippen molar-refractivity contribution in [2.75, 3.05) is 19.7 Å². The Balaban J connectivity index is 1.73. The van der Waals surface area contributed by atoms with Gasteiger partial charge >= 0.3 is 5.97 Å². The number of benzene rings is 1. The number of aliphatic carboxylic acids is 1. The molecule has 6 atom stereocenters. The lowest BCUT2D eigenvalue weighted by Crippen LogP contribution is -2.56. The lowest BCUT2D eigenvalue weighted by molar-refractivity contribution is -0.151. The van der Waals surface area contributed by atoms with Gasteiger partial charge in [0.25, 0.3) is 0 Å². The molecule has 0 aromatic heterocycles. The lowest BCUT2D eigenvalue weighted by atomic mass is 9.70. The zero-order valence-corrected chi connectivity index (χ0v) is 18.5. The highest BCUT2D eigenvalue weighted by Gasteiger charge is 2.76. The fourth-order valence-electron chi connectivity index (χ4n) is 5.40. The van der Waals surface area contributed by atoms with Crippen LogP contribution in [0.4, 0.5) is 0 Å². The van der Waals surface area contributed by atoms with Crippen LogP contribution in [-0.4, -0.2) is 80.1 Å². The Bertz CT molecular complexity index is 895. The number of nitrogens with zero attached hydrogens (tertiary/aromatic N) is 2. The third kappa shape index (κ3) is 3.39. The third-order valence-corrected chi connectivity index (χ3v) is 7.37. The van der Waals surface area contributed by atoms with Crippen LogP contribution >= 0.6 is 15.9 Å². The average Bonchev–Trinajstić information content (AvgIpc) is 3.32. The predicted molar refractivity (Wildman–Crippen MR) is 114 cm³/mol. The molecule has 3 fully saturated rings. The van der Waals surface area contributed by atoms with Crippen LogP contribution in [0.5, 0.6) is 0 Å². The Kier molecular flexibility index (Phi) is 5.93. The monoisotopic (exact) mass is 492 g/mol. The van der Waals surface area contributed by atoms with E-state index in [9.17, 15) is 24.6 Å². The molecule has 3 aliphatic rings. The molecule has 3 heterocycles. The second-order valence-corrected chi connectivity index (χ2v) is 9.43. The average molecular weight is 493 g/mol. The topological polar surface area (TPSA) is 107 Å². The maximum Gasteiger partial charge on any atom is 0.310 e. The zero-order chi connectivity index (χ0) is 22.3. The molecule has 8 nitrogen and oxygen atoms in total. The molecule has 2 bridgehead atoms. The number of ether oxygens (including phenoxy) is 1. The molecule has 2 N–H and O–H groups in total. The molecule has 31 heavy (non-hydrogen) atoms. The van der Waals surface area contributed by atoms with E-state index in [1.54, 1.807) is 11.0 Å². The molecule has 0 aliphatic carbocycles. The van der Waals surface area contributed by atoms with Crippen LogP contribution in [0.25, 0.3) is 0 Å². The minimum atomic E-state index is -1.23. The number of amides is 2. The third-order valence-electron chi connectivity index (χ3n) is 6.53. The number of carboxylic acid groups (broad SMARTS) is 1. The van der Waals surface area contributed by atoms with Crippen LogP contribution in [0.15, 0.2) is 43.0 Å². The predicted octanol–water partition coefficient (Wildman–Crippen LogP) is 1.03. The van der Waals surface area contributed by atoms with Crippen molar-refractivity contribution in [1.82, 2.24) is 9.80 Å². The minimum Gasteiger partial charge on any atom is -0.481 e. The summed E-state index contributed by atoms with van der Waals surface area (Å²) in [4.78, 5) is 41.8. The van der Waals surface area contributed by atoms with E-state index in [2.05, 4.69) is 22.5 Å². The number of fused-ring (bicyclic) bond motifs is 1. The van der Waals surface area contributed by atoms with Gasteiger partial charge in [0.2, 0.25) is 11.8 Å². The van der Waals surface area contributed by atoms with Crippen molar-refractivity contribution in [2.24, 2.45) is 11.8 Å². The number of rotatable bonds is 8. The zero-order valence-electron chi connectivity index (χ0n) is 16.9. The van der Waals surface area contributed by atoms with Gasteiger partial charge in [-0.2, -0.15) is 0 Å². The van der Waals surface area contributed by atoms with E-state index in [0.717, 1.165) is 5.56 Å². The number of alkyl halides is 1. The first-order valence-electron chi connectivity index (χ1n) is 10.3. The summed E-state index contributed by atoms with van der Waals surface area (Å²) in [5.41, 5.74) is -0.315. The maximum absolute atomic E-state index is 13.8. The smallest absolute Gasteiger partial charge is 0.310 e. The molecule has 1 aromatic carbocycles. The molecule has 0 radical (unpaired) electrons. The molecule has 1 aromatic rings. The number of carboxylic acids is 1. The standard InChI is InChI=1S/C22H25BrN2O6/c1-2-8-24(12-13-6-4-3-5-7-13)20(28)18-22-11-14(23)17(31-22)15(21(29)30)16(22)19(27)25(18)9-10-26/h2-7,14-18,26H,1,8-12H2,(H,29,30)/t14?,15-,16+,17-,18-,22+/m0/s1. The molecule has 1 spiro atoms. The van der Waals surface area contributed by atoms with Gasteiger partial charge in [-0.3, -0.25) is 14.4 Å². The second kappa shape index (κ2) is 8.37. The molecule has 0 saturated carbocycles. The van der Waals surface area contributed by atoms with Crippen molar-refractivity contribution in [2.45, 2.75) is 35.5 Å². The van der Waals surface area contributed by atoms with Gasteiger partial charge in [0.05, 0.1) is 24.5 Å². The summed E-state index contributed by atoms with van der Waals surface area (Å²) in [6, 6.07) is 8.46. The van der Waals surface area contributed by atoms with Gasteiger partial charge in [0.1, 0.15) is 11.6 Å². The number of carbonyl (C=O) groups is 3. The molecule has 1 unspecified atom stereocenters. The molecule has 9 heteroatoms. The first kappa shape index (κ1) is 22.0. The van der Waals surface area contributed by atoms with Gasteiger partial charge in [-0.1, -0.05) is 52.3 Å². The van der Waals surface area contributed by atoms with Gasteiger partial charge in [-0.05, 0) is 12.0 Å². The fraction of sp³-hybridized carbons (Fsp3) is 0.500. The first-order chi connectivity index (χ1) is 14.9. The number of β-amino-alcohol motifs (C(OH)–C–C–N with tert-alkyl or cyclic N) is 1. The normalized spacial score (nSPS) is 33.4. The summed E-state index contributed by atoms with van der Waals surface area (Å²) < 4.78 is 6.18. The Labute approximate surface area is 188 Å². The van der Waals surface area contributed by atoms with Crippen molar-refractivity contribution in [3.05, 3.63) is 48.6 Å². The van der Waals surface area contributed by atoms with Crippen molar-refractivity contribution in [3.8, 4) is 0 Å². The van der Waals surface area contributed by atoms with E-state index in [-0.39, 0.29) is 30.4 Å². The van der Waals surface area contributed by atoms with E-state index in [0.29, 0.717) is 13.0 Å². The summed E-state index contributed by atoms with van der Waals surface area (Å²) in [7, 11) is 0. The van der Waals surface area contributed by atoms with Crippen LogP contribution < -0.4 is 0 Å². The highest BCUT2D eigenvalue weighted by molar-refractivity contribution is 9.09. The quantitative estimate of drug-likeness (QED) is 0.414. The number of halogens is 1. The Hall–Kier alpha value is -2.23. The maximum atomic E-state index is 13.8. The highest BCUT2D eigenvalue weighted by Crippen LogP contribution is 2.60. The Morgan fingerprint density at radius 2 is 2.06 bits per heavy atom. The van der Waals surface area contributed by atoms with E-state index in [1.807, 2.05) is 30.3 Å². The van der Waals surface area contributed by atoms with Gasteiger partial charge in [0.15, 0.2) is 0 Å².